The van der Waals surface area contributed by atoms with Gasteiger partial charge in [-0.3, -0.25) is 0 Å². The zero-order valence-corrected chi connectivity index (χ0v) is 9.43. The summed E-state index contributed by atoms with van der Waals surface area (Å²) >= 11 is 0. The van der Waals surface area contributed by atoms with E-state index in [9.17, 15) is 0 Å². The lowest BCUT2D eigenvalue weighted by Gasteiger charge is -2.17. The van der Waals surface area contributed by atoms with Crippen LogP contribution in [0.3, 0.4) is 0 Å². The number of rotatable bonds is 3. The highest BCUT2D eigenvalue weighted by molar-refractivity contribution is 4.74. The third kappa shape index (κ3) is 3.27. The molecule has 1 unspecified atom stereocenters. The van der Waals surface area contributed by atoms with Gasteiger partial charge in [0.2, 0.25) is 0 Å². The molecular weight excluding hydrogens is 170 g/mol. The third-order valence-corrected chi connectivity index (χ3v) is 4.06. The average Bonchev–Trinajstić information content (AvgIpc) is 2.58. The molecule has 0 radical (unpaired) electrons. The van der Waals surface area contributed by atoms with Crippen molar-refractivity contribution in [3.63, 3.8) is 0 Å². The van der Waals surface area contributed by atoms with Crippen LogP contribution in [-0.4, -0.2) is 12.6 Å². The Bertz CT molecular complexity index is 141. The fourth-order valence-electron chi connectivity index (χ4n) is 3.08. The molecule has 1 heterocycles. The van der Waals surface area contributed by atoms with E-state index in [1.165, 1.54) is 70.8 Å². The molecule has 0 spiro atoms. The molecule has 1 N–H and O–H groups in total. The van der Waals surface area contributed by atoms with Crippen molar-refractivity contribution in [3.8, 4) is 0 Å². The van der Waals surface area contributed by atoms with Gasteiger partial charge in [0.25, 0.3) is 0 Å². The van der Waals surface area contributed by atoms with Crippen molar-refractivity contribution in [1.82, 2.24) is 5.32 Å². The van der Waals surface area contributed by atoms with E-state index in [-0.39, 0.29) is 0 Å². The Balaban J connectivity index is 1.62. The van der Waals surface area contributed by atoms with Gasteiger partial charge in [-0.15, -0.1) is 0 Å². The Morgan fingerprint density at radius 2 is 1.57 bits per heavy atom. The Morgan fingerprint density at radius 3 is 2.43 bits per heavy atom. The first-order chi connectivity index (χ1) is 6.95. The molecule has 0 aromatic heterocycles. The van der Waals surface area contributed by atoms with Gasteiger partial charge in [-0.25, -0.2) is 0 Å². The van der Waals surface area contributed by atoms with Gasteiger partial charge in [0.05, 0.1) is 0 Å². The molecule has 0 amide bonds. The predicted molar refractivity (Wildman–Crippen MR) is 61.5 cm³/mol. The van der Waals surface area contributed by atoms with Crippen LogP contribution in [0.2, 0.25) is 0 Å². The summed E-state index contributed by atoms with van der Waals surface area (Å²) in [7, 11) is 0. The van der Waals surface area contributed by atoms with Crippen molar-refractivity contribution in [2.45, 2.75) is 70.3 Å². The first-order valence-electron chi connectivity index (χ1n) is 6.68. The highest BCUT2D eigenvalue weighted by Crippen LogP contribution is 2.29. The normalized spacial score (nSPS) is 30.4. The molecule has 2 fully saturated rings. The second-order valence-corrected chi connectivity index (χ2v) is 5.23. The number of hydrogen-bond acceptors (Lipinski definition) is 1. The van der Waals surface area contributed by atoms with Crippen LogP contribution in [0.5, 0.6) is 0 Å². The lowest BCUT2D eigenvalue weighted by molar-refractivity contribution is 0.401. The topological polar surface area (TPSA) is 12.0 Å². The summed E-state index contributed by atoms with van der Waals surface area (Å²) in [4.78, 5) is 0. The summed E-state index contributed by atoms with van der Waals surface area (Å²) in [6, 6.07) is 0.859. The number of hydrogen-bond donors (Lipinski definition) is 1. The molecule has 2 aliphatic rings. The highest BCUT2D eigenvalue weighted by Gasteiger charge is 2.17. The molecule has 1 saturated heterocycles. The van der Waals surface area contributed by atoms with Crippen LogP contribution in [-0.2, 0) is 0 Å². The molecular formula is C13H25N. The van der Waals surface area contributed by atoms with E-state index in [0.29, 0.717) is 0 Å². The summed E-state index contributed by atoms with van der Waals surface area (Å²) < 4.78 is 0. The monoisotopic (exact) mass is 195 g/mol. The zero-order valence-electron chi connectivity index (χ0n) is 9.43. The quantitative estimate of drug-likeness (QED) is 0.727. The van der Waals surface area contributed by atoms with Crippen LogP contribution >= 0.6 is 0 Å². The Labute approximate surface area is 88.7 Å². The Kier molecular flexibility index (Phi) is 4.30. The zero-order chi connectivity index (χ0) is 9.64. The van der Waals surface area contributed by atoms with Crippen LogP contribution in [0, 0.1) is 5.92 Å². The van der Waals surface area contributed by atoms with Crippen LogP contribution in [0.15, 0.2) is 0 Å². The highest BCUT2D eigenvalue weighted by atomic mass is 14.9. The smallest absolute Gasteiger partial charge is 0.00671 e. The van der Waals surface area contributed by atoms with Gasteiger partial charge >= 0.3 is 0 Å². The largest absolute Gasteiger partial charge is 0.314 e. The molecule has 14 heavy (non-hydrogen) atoms. The van der Waals surface area contributed by atoms with E-state index in [2.05, 4.69) is 5.32 Å². The maximum atomic E-state index is 3.71. The fraction of sp³-hybridized carbons (Fsp3) is 1.00. The molecule has 1 nitrogen and oxygen atoms in total. The third-order valence-electron chi connectivity index (χ3n) is 4.06. The molecule has 1 heteroatoms. The first-order valence-corrected chi connectivity index (χ1v) is 6.68. The molecule has 82 valence electrons. The van der Waals surface area contributed by atoms with E-state index in [1.54, 1.807) is 0 Å². The lowest BCUT2D eigenvalue weighted by atomic mass is 9.96. The van der Waals surface area contributed by atoms with Crippen LogP contribution in [0.25, 0.3) is 0 Å². The molecule has 2 rings (SSSR count). The van der Waals surface area contributed by atoms with Crippen molar-refractivity contribution in [3.05, 3.63) is 0 Å². The van der Waals surface area contributed by atoms with E-state index in [1.807, 2.05) is 0 Å². The number of nitrogens with one attached hydrogen (secondary N) is 1. The van der Waals surface area contributed by atoms with Crippen LogP contribution < -0.4 is 5.32 Å². The van der Waals surface area contributed by atoms with E-state index >= 15 is 0 Å². The second kappa shape index (κ2) is 5.75. The minimum Gasteiger partial charge on any atom is -0.314 e. The standard InChI is InChI=1S/C13H25N/c1-2-8-13(14-11-5-1)10-9-12-6-3-4-7-12/h12-14H,1-11H2. The van der Waals surface area contributed by atoms with Gasteiger partial charge in [-0.1, -0.05) is 38.5 Å². The summed E-state index contributed by atoms with van der Waals surface area (Å²) in [5.74, 6) is 1.08. The van der Waals surface area contributed by atoms with Gasteiger partial charge in [-0.05, 0) is 38.1 Å². The van der Waals surface area contributed by atoms with Crippen molar-refractivity contribution in [1.29, 1.82) is 0 Å². The fourth-order valence-corrected chi connectivity index (χ4v) is 3.08. The molecule has 1 atom stereocenters. The summed E-state index contributed by atoms with van der Waals surface area (Å²) in [6.07, 6.45) is 14.7. The molecule has 0 bridgehead atoms. The van der Waals surface area contributed by atoms with Crippen molar-refractivity contribution in [2.24, 2.45) is 5.92 Å². The molecule has 1 saturated carbocycles. The van der Waals surface area contributed by atoms with E-state index in [4.69, 9.17) is 0 Å². The van der Waals surface area contributed by atoms with Crippen molar-refractivity contribution >= 4 is 0 Å². The van der Waals surface area contributed by atoms with E-state index in [0.717, 1.165) is 12.0 Å². The first kappa shape index (κ1) is 10.5. The predicted octanol–water partition coefficient (Wildman–Crippen LogP) is 3.49. The van der Waals surface area contributed by atoms with Gasteiger partial charge in [0.15, 0.2) is 0 Å². The molecule has 0 aromatic rings. The van der Waals surface area contributed by atoms with E-state index < -0.39 is 0 Å². The Hall–Kier alpha value is -0.0400. The Morgan fingerprint density at radius 1 is 0.786 bits per heavy atom. The SMILES string of the molecule is C1CCNC(CCC2CCCC2)CC1. The lowest BCUT2D eigenvalue weighted by Crippen LogP contribution is -2.28. The maximum absolute atomic E-state index is 3.71. The maximum Gasteiger partial charge on any atom is 0.00671 e. The average molecular weight is 195 g/mol. The second-order valence-electron chi connectivity index (χ2n) is 5.23. The van der Waals surface area contributed by atoms with Gasteiger partial charge in [0.1, 0.15) is 0 Å². The summed E-state index contributed by atoms with van der Waals surface area (Å²) in [6.45, 7) is 1.27. The minimum absolute atomic E-state index is 0.859. The minimum atomic E-state index is 0.859. The summed E-state index contributed by atoms with van der Waals surface area (Å²) in [5, 5.41) is 3.71. The van der Waals surface area contributed by atoms with Crippen molar-refractivity contribution in [2.75, 3.05) is 6.54 Å². The van der Waals surface area contributed by atoms with Crippen LogP contribution in [0.1, 0.15) is 64.2 Å². The van der Waals surface area contributed by atoms with Gasteiger partial charge in [-0.2, -0.15) is 0 Å². The molecule has 1 aliphatic carbocycles. The van der Waals surface area contributed by atoms with Crippen molar-refractivity contribution < 1.29 is 0 Å². The van der Waals surface area contributed by atoms with Gasteiger partial charge in [0, 0.05) is 6.04 Å². The molecule has 0 aromatic carbocycles. The summed E-state index contributed by atoms with van der Waals surface area (Å²) in [5.41, 5.74) is 0. The van der Waals surface area contributed by atoms with Crippen LogP contribution in [0.4, 0.5) is 0 Å². The molecule has 1 aliphatic heterocycles. The van der Waals surface area contributed by atoms with Gasteiger partial charge < -0.3 is 5.32 Å².